The largest absolute Gasteiger partial charge is 0.416 e. The predicted octanol–water partition coefficient (Wildman–Crippen LogP) is 6.35. The van der Waals surface area contributed by atoms with Crippen molar-refractivity contribution in [3.63, 3.8) is 0 Å². The first kappa shape index (κ1) is 26.0. The number of amides is 1. The molecule has 1 aliphatic rings. The summed E-state index contributed by atoms with van der Waals surface area (Å²) in [6.07, 6.45) is -2.34. The van der Waals surface area contributed by atoms with Gasteiger partial charge in [-0.15, -0.1) is 11.3 Å². The van der Waals surface area contributed by atoms with Crippen LogP contribution in [0.1, 0.15) is 44.8 Å². The molecule has 0 radical (unpaired) electrons. The number of nitrogens with zero attached hydrogens (tertiary/aromatic N) is 1. The zero-order chi connectivity index (χ0) is 26.3. The van der Waals surface area contributed by atoms with Crippen molar-refractivity contribution in [1.29, 1.82) is 0 Å². The van der Waals surface area contributed by atoms with Gasteiger partial charge in [0.25, 0.3) is 15.9 Å². The summed E-state index contributed by atoms with van der Waals surface area (Å²) in [5.41, 5.74) is 3.86. The SMILES string of the molecule is Cc1cc(C)c(N2CCCC2)c(C)c1NC(=O)c1sccc1NS(=O)(=O)c1ccc(C(F)(F)F)cc1. The number of halogens is 3. The summed E-state index contributed by atoms with van der Waals surface area (Å²) >= 11 is 1.06. The predicted molar refractivity (Wildman–Crippen MR) is 137 cm³/mol. The molecule has 0 unspecified atom stereocenters. The smallest absolute Gasteiger partial charge is 0.371 e. The highest BCUT2D eigenvalue weighted by atomic mass is 32.2. The van der Waals surface area contributed by atoms with E-state index in [1.807, 2.05) is 26.8 Å². The molecule has 36 heavy (non-hydrogen) atoms. The lowest BCUT2D eigenvalue weighted by Gasteiger charge is -2.26. The topological polar surface area (TPSA) is 78.5 Å². The van der Waals surface area contributed by atoms with Crippen LogP contribution in [-0.4, -0.2) is 27.4 Å². The fourth-order valence-electron chi connectivity index (χ4n) is 4.56. The molecule has 0 bridgehead atoms. The summed E-state index contributed by atoms with van der Waals surface area (Å²) in [6.45, 7) is 7.84. The van der Waals surface area contributed by atoms with E-state index in [-0.39, 0.29) is 15.5 Å². The van der Waals surface area contributed by atoms with E-state index in [4.69, 9.17) is 0 Å². The van der Waals surface area contributed by atoms with Crippen molar-refractivity contribution in [3.05, 3.63) is 68.9 Å². The number of alkyl halides is 3. The molecule has 1 amide bonds. The average molecular weight is 538 g/mol. The van der Waals surface area contributed by atoms with Gasteiger partial charge in [-0.1, -0.05) is 6.07 Å². The Balaban J connectivity index is 1.58. The molecule has 1 aromatic heterocycles. The Morgan fingerprint density at radius 2 is 1.64 bits per heavy atom. The van der Waals surface area contributed by atoms with Crippen LogP contribution < -0.4 is 14.9 Å². The molecular formula is C25H26F3N3O3S2. The number of aryl methyl sites for hydroxylation is 2. The second-order valence-corrected chi connectivity index (χ2v) is 11.4. The van der Waals surface area contributed by atoms with Crippen LogP contribution >= 0.6 is 11.3 Å². The number of nitrogens with one attached hydrogen (secondary N) is 2. The zero-order valence-corrected chi connectivity index (χ0v) is 21.6. The van der Waals surface area contributed by atoms with Gasteiger partial charge in [-0.25, -0.2) is 8.42 Å². The van der Waals surface area contributed by atoms with Crippen molar-refractivity contribution >= 4 is 44.3 Å². The number of hydrogen-bond acceptors (Lipinski definition) is 5. The molecule has 0 atom stereocenters. The highest BCUT2D eigenvalue weighted by Gasteiger charge is 2.31. The minimum Gasteiger partial charge on any atom is -0.371 e. The zero-order valence-electron chi connectivity index (χ0n) is 20.0. The van der Waals surface area contributed by atoms with Crippen LogP contribution in [0.5, 0.6) is 0 Å². The molecule has 2 aromatic carbocycles. The van der Waals surface area contributed by atoms with Crippen LogP contribution in [0.25, 0.3) is 0 Å². The number of rotatable bonds is 6. The van der Waals surface area contributed by atoms with Gasteiger partial charge in [-0.05, 0) is 86.0 Å². The number of thiophene rings is 1. The van der Waals surface area contributed by atoms with Crippen molar-refractivity contribution < 1.29 is 26.4 Å². The summed E-state index contributed by atoms with van der Waals surface area (Å²) < 4.78 is 66.4. The first-order chi connectivity index (χ1) is 16.9. The third kappa shape index (κ3) is 5.22. The highest BCUT2D eigenvalue weighted by Crippen LogP contribution is 2.36. The van der Waals surface area contributed by atoms with Gasteiger partial charge in [0.05, 0.1) is 16.1 Å². The van der Waals surface area contributed by atoms with Gasteiger partial charge in [0.15, 0.2) is 0 Å². The van der Waals surface area contributed by atoms with Crippen molar-refractivity contribution in [3.8, 4) is 0 Å². The van der Waals surface area contributed by atoms with Crippen molar-refractivity contribution in [2.75, 3.05) is 28.0 Å². The van der Waals surface area contributed by atoms with Crippen LogP contribution in [0, 0.1) is 20.8 Å². The van der Waals surface area contributed by atoms with E-state index in [1.54, 1.807) is 5.38 Å². The lowest BCUT2D eigenvalue weighted by atomic mass is 10.0. The summed E-state index contributed by atoms with van der Waals surface area (Å²) in [4.78, 5) is 15.3. The van der Waals surface area contributed by atoms with Gasteiger partial charge < -0.3 is 10.2 Å². The molecule has 1 fully saturated rings. The fourth-order valence-corrected chi connectivity index (χ4v) is 6.44. The molecule has 4 rings (SSSR count). The monoisotopic (exact) mass is 537 g/mol. The normalized spacial score (nSPS) is 14.2. The summed E-state index contributed by atoms with van der Waals surface area (Å²) in [6, 6.07) is 6.66. The average Bonchev–Trinajstić information content (AvgIpc) is 3.48. The summed E-state index contributed by atoms with van der Waals surface area (Å²) in [5.74, 6) is -0.474. The lowest BCUT2D eigenvalue weighted by molar-refractivity contribution is -0.137. The molecule has 2 heterocycles. The van der Waals surface area contributed by atoms with Crippen molar-refractivity contribution in [1.82, 2.24) is 0 Å². The van der Waals surface area contributed by atoms with Gasteiger partial charge in [0, 0.05) is 24.5 Å². The Bertz CT molecular complexity index is 1390. The Morgan fingerprint density at radius 3 is 2.25 bits per heavy atom. The Kier molecular flexibility index (Phi) is 7.07. The van der Waals surface area contributed by atoms with E-state index in [0.29, 0.717) is 17.8 Å². The molecule has 0 aliphatic carbocycles. The molecule has 0 spiro atoms. The Labute approximate surface area is 212 Å². The van der Waals surface area contributed by atoms with Crippen molar-refractivity contribution in [2.45, 2.75) is 44.7 Å². The van der Waals surface area contributed by atoms with Crippen LogP contribution in [-0.2, 0) is 16.2 Å². The molecule has 0 saturated carbocycles. The van der Waals surface area contributed by atoms with Gasteiger partial charge in [0.1, 0.15) is 4.88 Å². The van der Waals surface area contributed by atoms with Crippen LogP contribution in [0.15, 0.2) is 46.7 Å². The second kappa shape index (κ2) is 9.78. The molecule has 6 nitrogen and oxygen atoms in total. The van der Waals surface area contributed by atoms with E-state index in [0.717, 1.165) is 71.8 Å². The second-order valence-electron chi connectivity index (χ2n) is 8.80. The van der Waals surface area contributed by atoms with E-state index < -0.39 is 27.7 Å². The lowest BCUT2D eigenvalue weighted by Crippen LogP contribution is -2.22. The van der Waals surface area contributed by atoms with Crippen LogP contribution in [0.2, 0.25) is 0 Å². The van der Waals surface area contributed by atoms with E-state index in [1.165, 1.54) is 6.07 Å². The van der Waals surface area contributed by atoms with Gasteiger partial charge in [0.2, 0.25) is 0 Å². The summed E-state index contributed by atoms with van der Waals surface area (Å²) in [5, 5.41) is 4.52. The first-order valence-corrected chi connectivity index (χ1v) is 13.7. The molecule has 11 heteroatoms. The number of carbonyl (C=O) groups excluding carboxylic acids is 1. The van der Waals surface area contributed by atoms with Gasteiger partial charge in [-0.3, -0.25) is 9.52 Å². The quantitative estimate of drug-likeness (QED) is 0.384. The Hall–Kier alpha value is -3.05. The Morgan fingerprint density at radius 1 is 1.00 bits per heavy atom. The van der Waals surface area contributed by atoms with E-state index in [2.05, 4.69) is 14.9 Å². The maximum absolute atomic E-state index is 13.2. The molecule has 1 saturated heterocycles. The van der Waals surface area contributed by atoms with Crippen LogP contribution in [0.4, 0.5) is 30.2 Å². The van der Waals surface area contributed by atoms with Crippen molar-refractivity contribution in [2.24, 2.45) is 0 Å². The van der Waals surface area contributed by atoms with E-state index in [9.17, 15) is 26.4 Å². The number of anilines is 3. The van der Waals surface area contributed by atoms with Gasteiger partial charge >= 0.3 is 6.18 Å². The maximum Gasteiger partial charge on any atom is 0.416 e. The van der Waals surface area contributed by atoms with Gasteiger partial charge in [-0.2, -0.15) is 13.2 Å². The van der Waals surface area contributed by atoms with Crippen LogP contribution in [0.3, 0.4) is 0 Å². The number of benzene rings is 2. The molecule has 2 N–H and O–H groups in total. The molecule has 3 aromatic rings. The third-order valence-corrected chi connectivity index (χ3v) is 8.49. The minimum absolute atomic E-state index is 0.0552. The highest BCUT2D eigenvalue weighted by molar-refractivity contribution is 7.92. The standard InChI is InChI=1S/C25H26F3N3O3S2/c1-15-14-16(2)22(31-11-4-5-12-31)17(3)21(15)29-24(32)23-20(10-13-35-23)30-36(33,34)19-8-6-18(7-9-19)25(26,27)28/h6-10,13-14,30H,4-5,11-12H2,1-3H3,(H,29,32). The number of sulfonamides is 1. The summed E-state index contributed by atoms with van der Waals surface area (Å²) in [7, 11) is -4.21. The third-order valence-electron chi connectivity index (χ3n) is 6.20. The molecular weight excluding hydrogens is 511 g/mol. The fraction of sp³-hybridized carbons (Fsp3) is 0.320. The number of carbonyl (C=O) groups is 1. The molecule has 192 valence electrons. The first-order valence-electron chi connectivity index (χ1n) is 11.3. The minimum atomic E-state index is -4.57. The number of hydrogen-bond donors (Lipinski definition) is 2. The van der Waals surface area contributed by atoms with E-state index >= 15 is 0 Å². The molecule has 1 aliphatic heterocycles. The maximum atomic E-state index is 13.2.